The van der Waals surface area contributed by atoms with E-state index in [1.165, 1.54) is 36.0 Å². The second-order valence-electron chi connectivity index (χ2n) is 6.89. The largest absolute Gasteiger partial charge is 0.440 e. The second-order valence-corrected chi connectivity index (χ2v) is 8.22. The molecule has 3 aromatic rings. The minimum Gasteiger partial charge on any atom is -0.440 e. The molecule has 0 fully saturated rings. The number of amides is 2. The van der Waals surface area contributed by atoms with E-state index in [-0.39, 0.29) is 29.3 Å². The zero-order valence-electron chi connectivity index (χ0n) is 16.4. The zero-order chi connectivity index (χ0) is 21.0. The second kappa shape index (κ2) is 9.09. The quantitative estimate of drug-likeness (QED) is 0.580. The van der Waals surface area contributed by atoms with Crippen LogP contribution in [-0.2, 0) is 9.59 Å². The van der Waals surface area contributed by atoms with Crippen LogP contribution < -0.4 is 10.6 Å². The summed E-state index contributed by atoms with van der Waals surface area (Å²) >= 11 is 1.21. The topological polar surface area (TPSA) is 84.2 Å². The highest BCUT2D eigenvalue weighted by Crippen LogP contribution is 2.24. The maximum atomic E-state index is 12.9. The summed E-state index contributed by atoms with van der Waals surface area (Å²) < 4.78 is 18.6. The summed E-state index contributed by atoms with van der Waals surface area (Å²) in [5.41, 5.74) is 2.49. The average molecular weight is 415 g/mol. The van der Waals surface area contributed by atoms with Crippen molar-refractivity contribution in [2.75, 3.05) is 16.4 Å². The minimum atomic E-state index is -0.437. The Kier molecular flexibility index (Phi) is 6.53. The normalized spacial score (nSPS) is 12.2. The number of carbonyl (C=O) groups is 2. The predicted molar refractivity (Wildman–Crippen MR) is 114 cm³/mol. The Hall–Kier alpha value is -2.87. The van der Waals surface area contributed by atoms with Gasteiger partial charge in [-0.15, -0.1) is 11.8 Å². The predicted octanol–water partition coefficient (Wildman–Crippen LogP) is 4.79. The van der Waals surface area contributed by atoms with Crippen molar-refractivity contribution in [3.63, 3.8) is 0 Å². The van der Waals surface area contributed by atoms with Crippen LogP contribution in [-0.4, -0.2) is 27.8 Å². The van der Waals surface area contributed by atoms with Gasteiger partial charge in [0.15, 0.2) is 11.5 Å². The van der Waals surface area contributed by atoms with E-state index in [1.54, 1.807) is 25.1 Å². The highest BCUT2D eigenvalue weighted by Gasteiger charge is 2.17. The molecule has 1 aromatic heterocycles. The van der Waals surface area contributed by atoms with Gasteiger partial charge in [0.1, 0.15) is 11.3 Å². The first-order valence-electron chi connectivity index (χ1n) is 9.20. The fraction of sp³-hybridized carbons (Fsp3) is 0.286. The van der Waals surface area contributed by atoms with E-state index in [2.05, 4.69) is 15.6 Å². The molecule has 0 saturated heterocycles. The van der Waals surface area contributed by atoms with E-state index in [0.717, 1.165) is 0 Å². The van der Waals surface area contributed by atoms with Gasteiger partial charge in [-0.25, -0.2) is 9.37 Å². The first kappa shape index (κ1) is 20.9. The van der Waals surface area contributed by atoms with Crippen molar-refractivity contribution in [2.45, 2.75) is 31.9 Å². The molecule has 0 saturated carbocycles. The third-order valence-corrected chi connectivity index (χ3v) is 5.27. The molecule has 1 heterocycles. The van der Waals surface area contributed by atoms with Gasteiger partial charge in [0.05, 0.1) is 11.0 Å². The van der Waals surface area contributed by atoms with Crippen molar-refractivity contribution in [3.05, 3.63) is 54.2 Å². The molecular formula is C21H22FN3O3S. The number of rotatable bonds is 7. The Morgan fingerprint density at radius 2 is 1.76 bits per heavy atom. The minimum absolute atomic E-state index is 0.103. The molecule has 2 amide bonds. The van der Waals surface area contributed by atoms with Crippen LogP contribution in [0.1, 0.15) is 32.6 Å². The molecule has 0 aliphatic rings. The van der Waals surface area contributed by atoms with Crippen molar-refractivity contribution >= 4 is 46.1 Å². The Bertz CT molecular complexity index is 1020. The monoisotopic (exact) mass is 415 g/mol. The number of aromatic nitrogens is 1. The molecule has 29 heavy (non-hydrogen) atoms. The van der Waals surface area contributed by atoms with Crippen LogP contribution in [0.4, 0.5) is 15.8 Å². The first-order chi connectivity index (χ1) is 13.8. The number of thioether (sulfide) groups is 1. The van der Waals surface area contributed by atoms with Crippen LogP contribution in [0.25, 0.3) is 11.1 Å². The molecule has 0 radical (unpaired) electrons. The molecule has 2 N–H and O–H groups in total. The number of carbonyl (C=O) groups excluding carboxylic acids is 2. The van der Waals surface area contributed by atoms with Crippen LogP contribution in [0.2, 0.25) is 0 Å². The summed E-state index contributed by atoms with van der Waals surface area (Å²) in [5, 5.41) is 5.07. The number of benzene rings is 2. The van der Waals surface area contributed by atoms with Crippen LogP contribution in [0.3, 0.4) is 0 Å². The lowest BCUT2D eigenvalue weighted by atomic mass is 10.2. The maximum absolute atomic E-state index is 12.9. The van der Waals surface area contributed by atoms with Gasteiger partial charge in [-0.1, -0.05) is 13.8 Å². The zero-order valence-corrected chi connectivity index (χ0v) is 17.2. The SMILES string of the molecule is CC(SCC(=O)Nc1ccc(F)cc1)C(=O)Nc1ccc2oc(C(C)C)nc2c1. The number of nitrogens with one attached hydrogen (secondary N) is 2. The molecule has 6 nitrogen and oxygen atoms in total. The Morgan fingerprint density at radius 3 is 2.45 bits per heavy atom. The number of anilines is 2. The van der Waals surface area contributed by atoms with E-state index >= 15 is 0 Å². The number of nitrogens with zero attached hydrogens (tertiary/aromatic N) is 1. The van der Waals surface area contributed by atoms with Crippen molar-refractivity contribution in [2.24, 2.45) is 0 Å². The van der Waals surface area contributed by atoms with Gasteiger partial charge in [0.25, 0.3) is 0 Å². The fourth-order valence-corrected chi connectivity index (χ4v) is 3.20. The smallest absolute Gasteiger partial charge is 0.237 e. The van der Waals surface area contributed by atoms with Gasteiger partial charge in [-0.2, -0.15) is 0 Å². The van der Waals surface area contributed by atoms with Crippen molar-refractivity contribution in [1.29, 1.82) is 0 Å². The Labute approximate surface area is 172 Å². The maximum Gasteiger partial charge on any atom is 0.237 e. The third kappa shape index (κ3) is 5.57. The van der Waals surface area contributed by atoms with E-state index in [1.807, 2.05) is 13.8 Å². The molecule has 0 spiro atoms. The summed E-state index contributed by atoms with van der Waals surface area (Å²) in [6.45, 7) is 5.73. The van der Waals surface area contributed by atoms with E-state index in [0.29, 0.717) is 28.4 Å². The van der Waals surface area contributed by atoms with Crippen molar-refractivity contribution in [1.82, 2.24) is 4.98 Å². The van der Waals surface area contributed by atoms with Crippen molar-refractivity contribution < 1.29 is 18.4 Å². The Balaban J connectivity index is 1.52. The van der Waals surface area contributed by atoms with Gasteiger partial charge in [-0.3, -0.25) is 9.59 Å². The van der Waals surface area contributed by atoms with Crippen molar-refractivity contribution in [3.8, 4) is 0 Å². The lowest BCUT2D eigenvalue weighted by Crippen LogP contribution is -2.25. The molecule has 0 aliphatic heterocycles. The van der Waals surface area contributed by atoms with E-state index < -0.39 is 5.25 Å². The fourth-order valence-electron chi connectivity index (χ4n) is 2.52. The molecule has 3 rings (SSSR count). The molecule has 8 heteroatoms. The molecule has 1 atom stereocenters. The number of hydrogen-bond donors (Lipinski definition) is 2. The lowest BCUT2D eigenvalue weighted by Gasteiger charge is -2.12. The highest BCUT2D eigenvalue weighted by atomic mass is 32.2. The summed E-state index contributed by atoms with van der Waals surface area (Å²) in [5.74, 6) is 0.0962. The summed E-state index contributed by atoms with van der Waals surface area (Å²) in [6, 6.07) is 10.8. The molecule has 152 valence electrons. The lowest BCUT2D eigenvalue weighted by molar-refractivity contribution is -0.115. The molecule has 2 aromatic carbocycles. The van der Waals surface area contributed by atoms with Gasteiger partial charge >= 0.3 is 0 Å². The van der Waals surface area contributed by atoms with Gasteiger partial charge in [-0.05, 0) is 49.4 Å². The van der Waals surface area contributed by atoms with Crippen LogP contribution in [0.15, 0.2) is 46.9 Å². The van der Waals surface area contributed by atoms with Crippen LogP contribution in [0.5, 0.6) is 0 Å². The van der Waals surface area contributed by atoms with E-state index in [4.69, 9.17) is 4.42 Å². The number of hydrogen-bond acceptors (Lipinski definition) is 5. The summed E-state index contributed by atoms with van der Waals surface area (Å²) in [7, 11) is 0. The highest BCUT2D eigenvalue weighted by molar-refractivity contribution is 8.01. The van der Waals surface area contributed by atoms with Gasteiger partial charge in [0.2, 0.25) is 11.8 Å². The van der Waals surface area contributed by atoms with Crippen LogP contribution >= 0.6 is 11.8 Å². The van der Waals surface area contributed by atoms with Gasteiger partial charge in [0, 0.05) is 17.3 Å². The van der Waals surface area contributed by atoms with E-state index in [9.17, 15) is 14.0 Å². The molecule has 0 bridgehead atoms. The number of fused-ring (bicyclic) bond motifs is 1. The molecule has 0 aliphatic carbocycles. The first-order valence-corrected chi connectivity index (χ1v) is 10.2. The average Bonchev–Trinajstić information content (AvgIpc) is 3.11. The van der Waals surface area contributed by atoms with Crippen LogP contribution in [0, 0.1) is 5.82 Å². The summed E-state index contributed by atoms with van der Waals surface area (Å²) in [4.78, 5) is 28.9. The number of halogens is 1. The molecule has 1 unspecified atom stereocenters. The molecular weight excluding hydrogens is 393 g/mol. The summed E-state index contributed by atoms with van der Waals surface area (Å²) in [6.07, 6.45) is 0. The number of oxazole rings is 1. The standard InChI is InChI=1S/C21H22FN3O3S/c1-12(2)21-25-17-10-16(8-9-18(17)28-21)24-20(27)13(3)29-11-19(26)23-15-6-4-14(22)5-7-15/h4-10,12-13H,11H2,1-3H3,(H,23,26)(H,24,27). The Morgan fingerprint density at radius 1 is 1.07 bits per heavy atom. The van der Waals surface area contributed by atoms with Gasteiger partial charge < -0.3 is 15.1 Å². The third-order valence-electron chi connectivity index (χ3n) is 4.13.